The van der Waals surface area contributed by atoms with E-state index >= 15 is 0 Å². The molecule has 0 spiro atoms. The van der Waals surface area contributed by atoms with Crippen LogP contribution < -0.4 is 5.32 Å². The number of carbonyl (C=O) groups excluding carboxylic acids is 1. The van der Waals surface area contributed by atoms with Crippen LogP contribution in [0.5, 0.6) is 0 Å². The zero-order chi connectivity index (χ0) is 10.1. The first-order valence-corrected chi connectivity index (χ1v) is 4.50. The molecular weight excluding hydrogens is 170 g/mol. The van der Waals surface area contributed by atoms with Crippen LogP contribution in [0.3, 0.4) is 0 Å². The summed E-state index contributed by atoms with van der Waals surface area (Å²) in [4.78, 5) is 11.5. The van der Waals surface area contributed by atoms with Crippen molar-refractivity contribution >= 4 is 5.97 Å². The fraction of sp³-hybridized carbons (Fsp3) is 0.889. The van der Waals surface area contributed by atoms with E-state index in [0.717, 1.165) is 0 Å². The normalized spacial score (nSPS) is 28.9. The van der Waals surface area contributed by atoms with Crippen LogP contribution in [0.1, 0.15) is 27.2 Å². The lowest BCUT2D eigenvalue weighted by atomic mass is 10.0. The first-order chi connectivity index (χ1) is 5.83. The SMILES string of the molecule is CC(C)(C)OC(=O)C1(O)CCNC1. The topological polar surface area (TPSA) is 58.6 Å². The van der Waals surface area contributed by atoms with Crippen molar-refractivity contribution in [2.24, 2.45) is 0 Å². The van der Waals surface area contributed by atoms with Crippen molar-refractivity contribution in [1.82, 2.24) is 5.32 Å². The Morgan fingerprint density at radius 3 is 2.54 bits per heavy atom. The number of hydrogen-bond donors (Lipinski definition) is 2. The molecule has 13 heavy (non-hydrogen) atoms. The second-order valence-electron chi connectivity index (χ2n) is 4.46. The van der Waals surface area contributed by atoms with E-state index in [1.165, 1.54) is 0 Å². The van der Waals surface area contributed by atoms with Crippen molar-refractivity contribution in [3.8, 4) is 0 Å². The van der Waals surface area contributed by atoms with Gasteiger partial charge in [-0.2, -0.15) is 0 Å². The third-order valence-electron chi connectivity index (χ3n) is 1.91. The summed E-state index contributed by atoms with van der Waals surface area (Å²) in [5.41, 5.74) is -1.84. The number of ether oxygens (including phenoxy) is 1. The van der Waals surface area contributed by atoms with Crippen molar-refractivity contribution in [2.75, 3.05) is 13.1 Å². The maximum absolute atomic E-state index is 11.5. The molecule has 0 aromatic carbocycles. The van der Waals surface area contributed by atoms with Crippen LogP contribution in [-0.4, -0.2) is 35.4 Å². The van der Waals surface area contributed by atoms with Crippen LogP contribution in [0.2, 0.25) is 0 Å². The Hall–Kier alpha value is -0.610. The van der Waals surface area contributed by atoms with E-state index in [1.807, 2.05) is 0 Å². The smallest absolute Gasteiger partial charge is 0.340 e. The van der Waals surface area contributed by atoms with Crippen molar-refractivity contribution in [3.63, 3.8) is 0 Å². The van der Waals surface area contributed by atoms with Gasteiger partial charge in [0, 0.05) is 13.0 Å². The standard InChI is InChI=1S/C9H17NO3/c1-8(2,3)13-7(11)9(12)4-5-10-6-9/h10,12H,4-6H2,1-3H3. The molecule has 0 bridgehead atoms. The minimum absolute atomic E-state index is 0.294. The lowest BCUT2D eigenvalue weighted by molar-refractivity contribution is -0.175. The summed E-state index contributed by atoms with van der Waals surface area (Å²) >= 11 is 0. The van der Waals surface area contributed by atoms with Gasteiger partial charge < -0.3 is 15.2 Å². The van der Waals surface area contributed by atoms with Gasteiger partial charge in [-0.3, -0.25) is 0 Å². The van der Waals surface area contributed by atoms with Gasteiger partial charge >= 0.3 is 5.97 Å². The highest BCUT2D eigenvalue weighted by atomic mass is 16.6. The van der Waals surface area contributed by atoms with Crippen molar-refractivity contribution in [1.29, 1.82) is 0 Å². The molecular formula is C9H17NO3. The molecule has 0 aromatic heterocycles. The zero-order valence-electron chi connectivity index (χ0n) is 8.39. The lowest BCUT2D eigenvalue weighted by Gasteiger charge is -2.26. The van der Waals surface area contributed by atoms with E-state index in [9.17, 15) is 9.90 Å². The second kappa shape index (κ2) is 3.27. The molecule has 1 atom stereocenters. The number of β-amino-alcohol motifs (C(OH)–C–C–N with tert-alkyl or cyclic N) is 1. The quantitative estimate of drug-likeness (QED) is 0.570. The Labute approximate surface area is 78.3 Å². The van der Waals surface area contributed by atoms with Gasteiger partial charge in [0.15, 0.2) is 5.60 Å². The molecule has 1 rings (SSSR count). The summed E-state index contributed by atoms with van der Waals surface area (Å²) in [6.45, 7) is 6.32. The highest BCUT2D eigenvalue weighted by Gasteiger charge is 2.42. The van der Waals surface area contributed by atoms with Gasteiger partial charge in [-0.15, -0.1) is 0 Å². The van der Waals surface area contributed by atoms with Gasteiger partial charge in [-0.1, -0.05) is 0 Å². The Balaban J connectivity index is 2.57. The van der Waals surface area contributed by atoms with Gasteiger partial charge in [0.05, 0.1) is 0 Å². The predicted octanol–water partition coefficient (Wildman–Crippen LogP) is 0.0525. The second-order valence-corrected chi connectivity index (χ2v) is 4.46. The van der Waals surface area contributed by atoms with E-state index < -0.39 is 17.2 Å². The van der Waals surface area contributed by atoms with Crippen molar-refractivity contribution < 1.29 is 14.6 Å². The fourth-order valence-electron chi connectivity index (χ4n) is 1.23. The highest BCUT2D eigenvalue weighted by molar-refractivity contribution is 5.80. The van der Waals surface area contributed by atoms with Gasteiger partial charge in [-0.05, 0) is 27.3 Å². The van der Waals surface area contributed by atoms with E-state index in [1.54, 1.807) is 20.8 Å². The van der Waals surface area contributed by atoms with Gasteiger partial charge in [0.1, 0.15) is 5.60 Å². The first kappa shape index (κ1) is 10.5. The van der Waals surface area contributed by atoms with Crippen LogP contribution in [-0.2, 0) is 9.53 Å². The third-order valence-corrected chi connectivity index (χ3v) is 1.91. The summed E-state index contributed by atoms with van der Waals surface area (Å²) < 4.78 is 5.10. The fourth-order valence-corrected chi connectivity index (χ4v) is 1.23. The molecule has 0 aromatic rings. The molecule has 76 valence electrons. The Kier molecular flexibility index (Phi) is 2.63. The van der Waals surface area contributed by atoms with Crippen LogP contribution in [0, 0.1) is 0 Å². The van der Waals surface area contributed by atoms with E-state index in [2.05, 4.69) is 5.32 Å². The number of rotatable bonds is 1. The number of carbonyl (C=O) groups is 1. The van der Waals surface area contributed by atoms with Gasteiger partial charge in [-0.25, -0.2) is 4.79 Å². The third kappa shape index (κ3) is 2.67. The summed E-state index contributed by atoms with van der Waals surface area (Å²) in [5, 5.41) is 12.7. The number of nitrogens with one attached hydrogen (secondary N) is 1. The van der Waals surface area contributed by atoms with E-state index in [4.69, 9.17) is 4.74 Å². The summed E-state index contributed by atoms with van der Waals surface area (Å²) in [6, 6.07) is 0. The predicted molar refractivity (Wildman–Crippen MR) is 48.3 cm³/mol. The monoisotopic (exact) mass is 187 g/mol. The lowest BCUT2D eigenvalue weighted by Crippen LogP contribution is -2.45. The maximum Gasteiger partial charge on any atom is 0.340 e. The Morgan fingerprint density at radius 1 is 1.54 bits per heavy atom. The summed E-state index contributed by atoms with van der Waals surface area (Å²) in [5.74, 6) is -0.523. The molecule has 0 amide bonds. The van der Waals surface area contributed by atoms with E-state index in [0.29, 0.717) is 19.5 Å². The van der Waals surface area contributed by atoms with Crippen molar-refractivity contribution in [2.45, 2.75) is 38.4 Å². The molecule has 4 heteroatoms. The average Bonchev–Trinajstić information content (AvgIpc) is 2.33. The summed E-state index contributed by atoms with van der Waals surface area (Å²) in [7, 11) is 0. The number of hydrogen-bond acceptors (Lipinski definition) is 4. The van der Waals surface area contributed by atoms with Crippen LogP contribution >= 0.6 is 0 Å². The minimum Gasteiger partial charge on any atom is -0.458 e. The van der Waals surface area contributed by atoms with E-state index in [-0.39, 0.29) is 0 Å². The van der Waals surface area contributed by atoms with Gasteiger partial charge in [0.2, 0.25) is 0 Å². The molecule has 1 fully saturated rings. The van der Waals surface area contributed by atoms with Crippen LogP contribution in [0.25, 0.3) is 0 Å². The minimum atomic E-state index is -1.31. The largest absolute Gasteiger partial charge is 0.458 e. The first-order valence-electron chi connectivity index (χ1n) is 4.50. The number of esters is 1. The molecule has 4 nitrogen and oxygen atoms in total. The van der Waals surface area contributed by atoms with Crippen LogP contribution in [0.15, 0.2) is 0 Å². The molecule has 1 aliphatic rings. The molecule has 1 aliphatic heterocycles. The van der Waals surface area contributed by atoms with Crippen LogP contribution in [0.4, 0.5) is 0 Å². The molecule has 1 heterocycles. The van der Waals surface area contributed by atoms with Gasteiger partial charge in [0.25, 0.3) is 0 Å². The highest BCUT2D eigenvalue weighted by Crippen LogP contribution is 2.19. The molecule has 0 aliphatic carbocycles. The van der Waals surface area contributed by atoms with Crippen molar-refractivity contribution in [3.05, 3.63) is 0 Å². The Bertz CT molecular complexity index is 201. The molecule has 1 saturated heterocycles. The molecule has 2 N–H and O–H groups in total. The average molecular weight is 187 g/mol. The number of aliphatic hydroxyl groups is 1. The Morgan fingerprint density at radius 2 is 2.15 bits per heavy atom. The molecule has 1 unspecified atom stereocenters. The summed E-state index contributed by atoms with van der Waals surface area (Å²) in [6.07, 6.45) is 0.432. The molecule has 0 radical (unpaired) electrons. The zero-order valence-corrected chi connectivity index (χ0v) is 8.39. The molecule has 0 saturated carbocycles. The maximum atomic E-state index is 11.5.